The molecule has 0 saturated carbocycles. The highest BCUT2D eigenvalue weighted by molar-refractivity contribution is 6.33. The number of benzene rings is 1. The van der Waals surface area contributed by atoms with E-state index in [1.807, 2.05) is 32.9 Å². The summed E-state index contributed by atoms with van der Waals surface area (Å²) in [4.78, 5) is 11.6. The molecule has 4 nitrogen and oxygen atoms in total. The van der Waals surface area contributed by atoms with Gasteiger partial charge >= 0.3 is 6.03 Å². The van der Waals surface area contributed by atoms with Crippen molar-refractivity contribution in [1.29, 1.82) is 0 Å². The maximum atomic E-state index is 11.6. The standard InChI is InChI=1S/C14H21ClN2O2/c1-10(2)19-8-4-7-16-14(18)17-13-6-5-11(3)9-12(13)15/h5-6,9-10H,4,7-8H2,1-3H3,(H2,16,17,18). The number of hydrogen-bond donors (Lipinski definition) is 2. The topological polar surface area (TPSA) is 50.4 Å². The van der Waals surface area contributed by atoms with Crippen molar-refractivity contribution in [3.63, 3.8) is 0 Å². The second-order valence-electron chi connectivity index (χ2n) is 4.64. The van der Waals surface area contributed by atoms with E-state index in [4.69, 9.17) is 16.3 Å². The molecule has 0 bridgehead atoms. The molecule has 0 aromatic heterocycles. The molecule has 0 radical (unpaired) electrons. The van der Waals surface area contributed by atoms with Crippen LogP contribution in [0, 0.1) is 6.92 Å². The van der Waals surface area contributed by atoms with Gasteiger partial charge in [-0.3, -0.25) is 0 Å². The number of halogens is 1. The number of amides is 2. The Morgan fingerprint density at radius 3 is 2.79 bits per heavy atom. The first-order chi connectivity index (χ1) is 8.99. The van der Waals surface area contributed by atoms with Crippen LogP contribution >= 0.6 is 11.6 Å². The lowest BCUT2D eigenvalue weighted by Crippen LogP contribution is -2.30. The molecule has 5 heteroatoms. The van der Waals surface area contributed by atoms with Crippen LogP contribution in [0.3, 0.4) is 0 Å². The van der Waals surface area contributed by atoms with E-state index >= 15 is 0 Å². The molecule has 1 aromatic rings. The molecular weight excluding hydrogens is 264 g/mol. The summed E-state index contributed by atoms with van der Waals surface area (Å²) >= 11 is 6.03. The number of carbonyl (C=O) groups is 1. The average Bonchev–Trinajstić information content (AvgIpc) is 2.32. The van der Waals surface area contributed by atoms with Gasteiger partial charge in [0.05, 0.1) is 16.8 Å². The van der Waals surface area contributed by atoms with Gasteiger partial charge < -0.3 is 15.4 Å². The molecule has 2 amide bonds. The fraction of sp³-hybridized carbons (Fsp3) is 0.500. The van der Waals surface area contributed by atoms with E-state index in [0.717, 1.165) is 12.0 Å². The number of rotatable bonds is 6. The predicted molar refractivity (Wildman–Crippen MR) is 78.9 cm³/mol. The Balaban J connectivity index is 2.27. The highest BCUT2D eigenvalue weighted by Gasteiger charge is 2.05. The molecule has 0 fully saturated rings. The minimum atomic E-state index is -0.254. The molecule has 0 aliphatic heterocycles. The first-order valence-electron chi connectivity index (χ1n) is 6.41. The van der Waals surface area contributed by atoms with Gasteiger partial charge in [0.25, 0.3) is 0 Å². The van der Waals surface area contributed by atoms with E-state index in [9.17, 15) is 4.79 Å². The number of hydrogen-bond acceptors (Lipinski definition) is 2. The summed E-state index contributed by atoms with van der Waals surface area (Å²) in [5.74, 6) is 0. The van der Waals surface area contributed by atoms with Crippen LogP contribution in [-0.2, 0) is 4.74 Å². The first kappa shape index (κ1) is 15.8. The second-order valence-corrected chi connectivity index (χ2v) is 5.04. The lowest BCUT2D eigenvalue weighted by atomic mass is 10.2. The third kappa shape index (κ3) is 6.45. The van der Waals surface area contributed by atoms with Crippen LogP contribution in [0.5, 0.6) is 0 Å². The predicted octanol–water partition coefficient (Wildman–Crippen LogP) is 3.59. The van der Waals surface area contributed by atoms with Gasteiger partial charge in [0.15, 0.2) is 0 Å². The smallest absolute Gasteiger partial charge is 0.319 e. The van der Waals surface area contributed by atoms with E-state index in [1.54, 1.807) is 6.07 Å². The quantitative estimate of drug-likeness (QED) is 0.785. The Hall–Kier alpha value is -1.26. The van der Waals surface area contributed by atoms with Crippen molar-refractivity contribution in [1.82, 2.24) is 5.32 Å². The molecule has 0 saturated heterocycles. The number of ether oxygens (including phenoxy) is 1. The Morgan fingerprint density at radius 1 is 1.42 bits per heavy atom. The van der Waals surface area contributed by atoms with E-state index in [2.05, 4.69) is 10.6 Å². The number of nitrogens with one attached hydrogen (secondary N) is 2. The van der Waals surface area contributed by atoms with Gasteiger partial charge in [-0.1, -0.05) is 17.7 Å². The van der Waals surface area contributed by atoms with E-state index < -0.39 is 0 Å². The zero-order valence-electron chi connectivity index (χ0n) is 11.6. The molecule has 0 unspecified atom stereocenters. The Bertz CT molecular complexity index is 422. The zero-order chi connectivity index (χ0) is 14.3. The molecule has 0 spiro atoms. The zero-order valence-corrected chi connectivity index (χ0v) is 12.4. The van der Waals surface area contributed by atoms with Gasteiger partial charge in [-0.05, 0) is 44.9 Å². The van der Waals surface area contributed by atoms with Gasteiger partial charge in [-0.15, -0.1) is 0 Å². The molecule has 0 aliphatic carbocycles. The number of urea groups is 1. The van der Waals surface area contributed by atoms with Crippen molar-refractivity contribution in [3.05, 3.63) is 28.8 Å². The Kier molecular flexibility index (Phi) is 6.67. The highest BCUT2D eigenvalue weighted by Crippen LogP contribution is 2.22. The minimum absolute atomic E-state index is 0.222. The molecule has 0 heterocycles. The largest absolute Gasteiger partial charge is 0.379 e. The first-order valence-corrected chi connectivity index (χ1v) is 6.79. The summed E-state index contributed by atoms with van der Waals surface area (Å²) in [6.07, 6.45) is 1.01. The fourth-order valence-corrected chi connectivity index (χ4v) is 1.76. The molecular formula is C14H21ClN2O2. The average molecular weight is 285 g/mol. The van der Waals surface area contributed by atoms with Crippen LogP contribution < -0.4 is 10.6 Å². The monoisotopic (exact) mass is 284 g/mol. The van der Waals surface area contributed by atoms with Gasteiger partial charge in [0, 0.05) is 13.2 Å². The second kappa shape index (κ2) is 8.02. The summed E-state index contributed by atoms with van der Waals surface area (Å²) < 4.78 is 5.38. The van der Waals surface area contributed by atoms with Crippen LogP contribution in [0.2, 0.25) is 5.02 Å². The van der Waals surface area contributed by atoms with Gasteiger partial charge in [-0.2, -0.15) is 0 Å². The summed E-state index contributed by atoms with van der Waals surface area (Å²) in [6, 6.07) is 5.25. The number of anilines is 1. The Labute approximate surface area is 119 Å². The van der Waals surface area contributed by atoms with E-state index in [1.165, 1.54) is 0 Å². The normalized spacial score (nSPS) is 10.6. The summed E-state index contributed by atoms with van der Waals surface area (Å²) in [5.41, 5.74) is 1.67. The Morgan fingerprint density at radius 2 is 2.16 bits per heavy atom. The molecule has 106 valence electrons. The van der Waals surface area contributed by atoms with Crippen LogP contribution in [0.15, 0.2) is 18.2 Å². The lowest BCUT2D eigenvalue weighted by Gasteiger charge is -2.10. The fourth-order valence-electron chi connectivity index (χ4n) is 1.48. The van der Waals surface area contributed by atoms with Crippen molar-refractivity contribution < 1.29 is 9.53 Å². The van der Waals surface area contributed by atoms with Crippen molar-refractivity contribution in [2.45, 2.75) is 33.3 Å². The maximum Gasteiger partial charge on any atom is 0.319 e. The molecule has 2 N–H and O–H groups in total. The maximum absolute atomic E-state index is 11.6. The summed E-state index contributed by atoms with van der Waals surface area (Å²) in [5, 5.41) is 6.01. The van der Waals surface area contributed by atoms with Crippen LogP contribution in [0.1, 0.15) is 25.8 Å². The molecule has 1 aromatic carbocycles. The van der Waals surface area contributed by atoms with E-state index in [0.29, 0.717) is 23.9 Å². The molecule has 19 heavy (non-hydrogen) atoms. The lowest BCUT2D eigenvalue weighted by molar-refractivity contribution is 0.0775. The van der Waals surface area contributed by atoms with Crippen LogP contribution in [0.4, 0.5) is 10.5 Å². The third-order valence-electron chi connectivity index (χ3n) is 2.43. The van der Waals surface area contributed by atoms with Crippen molar-refractivity contribution in [2.75, 3.05) is 18.5 Å². The third-order valence-corrected chi connectivity index (χ3v) is 2.74. The van der Waals surface area contributed by atoms with Crippen LogP contribution in [-0.4, -0.2) is 25.3 Å². The van der Waals surface area contributed by atoms with Crippen molar-refractivity contribution >= 4 is 23.3 Å². The molecule has 1 rings (SSSR count). The number of aryl methyl sites for hydroxylation is 1. The van der Waals surface area contributed by atoms with Crippen LogP contribution in [0.25, 0.3) is 0 Å². The molecule has 0 aliphatic rings. The summed E-state index contributed by atoms with van der Waals surface area (Å²) in [7, 11) is 0. The van der Waals surface area contributed by atoms with E-state index in [-0.39, 0.29) is 12.1 Å². The number of carbonyl (C=O) groups excluding carboxylic acids is 1. The minimum Gasteiger partial charge on any atom is -0.379 e. The van der Waals surface area contributed by atoms with Crippen molar-refractivity contribution in [3.8, 4) is 0 Å². The van der Waals surface area contributed by atoms with Gasteiger partial charge in [0.1, 0.15) is 0 Å². The van der Waals surface area contributed by atoms with Gasteiger partial charge in [-0.25, -0.2) is 4.79 Å². The summed E-state index contributed by atoms with van der Waals surface area (Å²) in [6.45, 7) is 7.13. The SMILES string of the molecule is Cc1ccc(NC(=O)NCCCOC(C)C)c(Cl)c1. The molecule has 0 atom stereocenters. The van der Waals surface area contributed by atoms with Gasteiger partial charge in [0.2, 0.25) is 0 Å². The highest BCUT2D eigenvalue weighted by atomic mass is 35.5. The van der Waals surface area contributed by atoms with Crippen molar-refractivity contribution in [2.24, 2.45) is 0 Å².